The Bertz CT molecular complexity index is 247. The standard InChI is InChI=1S/C6H9ClN4O/c1-2-3-12-6-10-4(7)9-5(8)11-6/h2-3H2,1H3,(H2,8,9,10,11). The molecule has 1 aromatic heterocycles. The average Bonchev–Trinajstić information content (AvgIpc) is 1.99. The highest BCUT2D eigenvalue weighted by Gasteiger charge is 2.01. The number of rotatable bonds is 3. The topological polar surface area (TPSA) is 73.9 Å². The maximum absolute atomic E-state index is 5.51. The molecule has 0 aliphatic rings. The number of ether oxygens (including phenoxy) is 1. The van der Waals surface area contributed by atoms with Crippen molar-refractivity contribution in [2.24, 2.45) is 0 Å². The molecule has 0 amide bonds. The van der Waals surface area contributed by atoms with Crippen molar-refractivity contribution in [2.45, 2.75) is 13.3 Å². The lowest BCUT2D eigenvalue weighted by molar-refractivity contribution is 0.292. The van der Waals surface area contributed by atoms with Crippen molar-refractivity contribution < 1.29 is 4.74 Å². The van der Waals surface area contributed by atoms with E-state index < -0.39 is 0 Å². The lowest BCUT2D eigenvalue weighted by Crippen LogP contribution is -2.04. The number of halogens is 1. The fraction of sp³-hybridized carbons (Fsp3) is 0.500. The molecule has 0 aliphatic carbocycles. The van der Waals surface area contributed by atoms with Gasteiger partial charge in [-0.25, -0.2) is 0 Å². The van der Waals surface area contributed by atoms with Crippen LogP contribution in [0.1, 0.15) is 13.3 Å². The maximum Gasteiger partial charge on any atom is 0.322 e. The van der Waals surface area contributed by atoms with Crippen LogP contribution in [0.15, 0.2) is 0 Å². The Hall–Kier alpha value is -1.10. The predicted octanol–water partition coefficient (Wildman–Crippen LogP) is 0.896. The molecule has 0 aliphatic heterocycles. The van der Waals surface area contributed by atoms with E-state index in [-0.39, 0.29) is 17.2 Å². The first-order valence-corrected chi connectivity index (χ1v) is 3.90. The van der Waals surface area contributed by atoms with Gasteiger partial charge in [0, 0.05) is 0 Å². The Balaban J connectivity index is 2.72. The van der Waals surface area contributed by atoms with Crippen molar-refractivity contribution in [2.75, 3.05) is 12.3 Å². The van der Waals surface area contributed by atoms with Crippen LogP contribution in [0.3, 0.4) is 0 Å². The molecule has 6 heteroatoms. The van der Waals surface area contributed by atoms with E-state index in [4.69, 9.17) is 22.1 Å². The minimum atomic E-state index is 0.0496. The Morgan fingerprint density at radius 3 is 2.75 bits per heavy atom. The minimum Gasteiger partial charge on any atom is -0.463 e. The molecule has 0 fully saturated rings. The molecular formula is C6H9ClN4O. The van der Waals surface area contributed by atoms with Crippen molar-refractivity contribution in [1.82, 2.24) is 15.0 Å². The summed E-state index contributed by atoms with van der Waals surface area (Å²) in [5.74, 6) is 0.0705. The smallest absolute Gasteiger partial charge is 0.322 e. The molecule has 2 N–H and O–H groups in total. The van der Waals surface area contributed by atoms with E-state index in [0.29, 0.717) is 6.61 Å². The van der Waals surface area contributed by atoms with Crippen LogP contribution >= 0.6 is 11.6 Å². The Morgan fingerprint density at radius 1 is 1.42 bits per heavy atom. The first kappa shape index (κ1) is 8.99. The Morgan fingerprint density at radius 2 is 2.17 bits per heavy atom. The molecule has 66 valence electrons. The van der Waals surface area contributed by atoms with Gasteiger partial charge in [0.05, 0.1) is 6.61 Å². The van der Waals surface area contributed by atoms with Crippen molar-refractivity contribution in [3.05, 3.63) is 5.28 Å². The third-order valence-electron chi connectivity index (χ3n) is 1.04. The molecule has 1 aromatic rings. The summed E-state index contributed by atoms with van der Waals surface area (Å²) in [6, 6.07) is 0.175. The number of hydrogen-bond acceptors (Lipinski definition) is 5. The molecule has 5 nitrogen and oxygen atoms in total. The van der Waals surface area contributed by atoms with Gasteiger partial charge in [0.1, 0.15) is 0 Å². The van der Waals surface area contributed by atoms with E-state index in [1.165, 1.54) is 0 Å². The summed E-state index contributed by atoms with van der Waals surface area (Å²) < 4.78 is 5.09. The van der Waals surface area contributed by atoms with Crippen LogP contribution in [0, 0.1) is 0 Å². The largest absolute Gasteiger partial charge is 0.463 e. The second-order valence-electron chi connectivity index (χ2n) is 2.09. The number of aromatic nitrogens is 3. The quantitative estimate of drug-likeness (QED) is 0.763. The summed E-state index contributed by atoms with van der Waals surface area (Å²) in [4.78, 5) is 11.0. The summed E-state index contributed by atoms with van der Waals surface area (Å²) >= 11 is 5.51. The molecule has 0 saturated carbocycles. The highest BCUT2D eigenvalue weighted by atomic mass is 35.5. The Labute approximate surface area is 74.9 Å². The van der Waals surface area contributed by atoms with Crippen molar-refractivity contribution in [3.8, 4) is 6.01 Å². The molecule has 0 radical (unpaired) electrons. The third kappa shape index (κ3) is 2.50. The summed E-state index contributed by atoms with van der Waals surface area (Å²) in [5, 5.41) is 0.0496. The Kier molecular flexibility index (Phi) is 3.04. The molecule has 0 atom stereocenters. The van der Waals surface area contributed by atoms with Crippen LogP contribution in [-0.4, -0.2) is 21.6 Å². The fourth-order valence-electron chi connectivity index (χ4n) is 0.604. The molecule has 0 aromatic carbocycles. The molecular weight excluding hydrogens is 180 g/mol. The first-order valence-electron chi connectivity index (χ1n) is 3.52. The van der Waals surface area contributed by atoms with Gasteiger partial charge in [-0.05, 0) is 18.0 Å². The van der Waals surface area contributed by atoms with E-state index in [0.717, 1.165) is 6.42 Å². The van der Waals surface area contributed by atoms with E-state index in [1.807, 2.05) is 6.92 Å². The third-order valence-corrected chi connectivity index (χ3v) is 1.21. The predicted molar refractivity (Wildman–Crippen MR) is 45.0 cm³/mol. The van der Waals surface area contributed by atoms with Gasteiger partial charge < -0.3 is 10.5 Å². The van der Waals surface area contributed by atoms with E-state index in [2.05, 4.69) is 15.0 Å². The first-order chi connectivity index (χ1) is 5.72. The van der Waals surface area contributed by atoms with Crippen LogP contribution in [0.2, 0.25) is 5.28 Å². The van der Waals surface area contributed by atoms with Crippen LogP contribution in [-0.2, 0) is 0 Å². The summed E-state index contributed by atoms with van der Waals surface area (Å²) in [5.41, 5.74) is 5.30. The van der Waals surface area contributed by atoms with Gasteiger partial charge in [0.2, 0.25) is 11.2 Å². The average molecular weight is 189 g/mol. The highest BCUT2D eigenvalue weighted by molar-refractivity contribution is 6.28. The van der Waals surface area contributed by atoms with Gasteiger partial charge in [0.15, 0.2) is 0 Å². The normalized spacial score (nSPS) is 9.83. The van der Waals surface area contributed by atoms with Crippen molar-refractivity contribution >= 4 is 17.5 Å². The number of nitrogens with zero attached hydrogens (tertiary/aromatic N) is 3. The monoisotopic (exact) mass is 188 g/mol. The van der Waals surface area contributed by atoms with Crippen LogP contribution in [0.4, 0.5) is 5.95 Å². The van der Waals surface area contributed by atoms with Gasteiger partial charge in [-0.3, -0.25) is 0 Å². The zero-order valence-corrected chi connectivity index (χ0v) is 7.38. The molecule has 0 bridgehead atoms. The number of hydrogen-bond donors (Lipinski definition) is 1. The molecule has 1 heterocycles. The fourth-order valence-corrected chi connectivity index (χ4v) is 0.763. The lowest BCUT2D eigenvalue weighted by Gasteiger charge is -2.01. The summed E-state index contributed by atoms with van der Waals surface area (Å²) in [6.07, 6.45) is 0.878. The molecule has 0 saturated heterocycles. The van der Waals surface area contributed by atoms with Crippen LogP contribution < -0.4 is 10.5 Å². The van der Waals surface area contributed by atoms with Gasteiger partial charge in [-0.1, -0.05) is 6.92 Å². The zero-order valence-electron chi connectivity index (χ0n) is 6.62. The van der Waals surface area contributed by atoms with Gasteiger partial charge in [-0.2, -0.15) is 15.0 Å². The highest BCUT2D eigenvalue weighted by Crippen LogP contribution is 2.08. The van der Waals surface area contributed by atoms with Gasteiger partial charge in [-0.15, -0.1) is 0 Å². The van der Waals surface area contributed by atoms with E-state index >= 15 is 0 Å². The SMILES string of the molecule is CCCOc1nc(N)nc(Cl)n1. The second-order valence-corrected chi connectivity index (χ2v) is 2.43. The molecule has 0 spiro atoms. The van der Waals surface area contributed by atoms with Crippen molar-refractivity contribution in [1.29, 1.82) is 0 Å². The van der Waals surface area contributed by atoms with E-state index in [1.54, 1.807) is 0 Å². The van der Waals surface area contributed by atoms with Gasteiger partial charge >= 0.3 is 6.01 Å². The number of nitrogen functional groups attached to an aromatic ring is 1. The zero-order chi connectivity index (χ0) is 8.97. The lowest BCUT2D eigenvalue weighted by atomic mass is 10.5. The van der Waals surface area contributed by atoms with Gasteiger partial charge in [0.25, 0.3) is 0 Å². The van der Waals surface area contributed by atoms with Crippen LogP contribution in [0.25, 0.3) is 0 Å². The maximum atomic E-state index is 5.51. The second kappa shape index (κ2) is 4.06. The molecule has 12 heavy (non-hydrogen) atoms. The summed E-state index contributed by atoms with van der Waals surface area (Å²) in [6.45, 7) is 2.52. The van der Waals surface area contributed by atoms with Crippen molar-refractivity contribution in [3.63, 3.8) is 0 Å². The number of anilines is 1. The number of nitrogens with two attached hydrogens (primary N) is 1. The molecule has 1 rings (SSSR count). The van der Waals surface area contributed by atoms with E-state index in [9.17, 15) is 0 Å². The minimum absolute atomic E-state index is 0.0496. The summed E-state index contributed by atoms with van der Waals surface area (Å²) in [7, 11) is 0. The molecule has 0 unspecified atom stereocenters. The van der Waals surface area contributed by atoms with Crippen LogP contribution in [0.5, 0.6) is 6.01 Å².